The molecule has 116 valence electrons. The van der Waals surface area contributed by atoms with Gasteiger partial charge in [0.2, 0.25) is 0 Å². The van der Waals surface area contributed by atoms with Gasteiger partial charge < -0.3 is 0 Å². The van der Waals surface area contributed by atoms with Crippen molar-refractivity contribution in [2.75, 3.05) is 0 Å². The van der Waals surface area contributed by atoms with E-state index in [-0.39, 0.29) is 0 Å². The third kappa shape index (κ3) is 2.36. The lowest BCUT2D eigenvalue weighted by atomic mass is 10.1. The molecule has 0 saturated heterocycles. The largest absolute Gasteiger partial charge is 0.298 e. The maximum atomic E-state index is 11.0. The molecule has 2 aromatic heterocycles. The van der Waals surface area contributed by atoms with Crippen molar-refractivity contribution in [1.82, 2.24) is 19.5 Å². The second-order valence-corrected chi connectivity index (χ2v) is 5.48. The Morgan fingerprint density at radius 2 is 1.83 bits per heavy atom. The minimum absolute atomic E-state index is 0.624. The smallest absolute Gasteiger partial charge is 0.159 e. The van der Waals surface area contributed by atoms with Crippen LogP contribution in [0.15, 0.2) is 60.9 Å². The Labute approximate surface area is 138 Å². The minimum atomic E-state index is 0.624. The predicted octanol–water partition coefficient (Wildman–Crippen LogP) is 3.60. The van der Waals surface area contributed by atoms with Crippen LogP contribution in [0.1, 0.15) is 16.2 Å². The van der Waals surface area contributed by atoms with Crippen LogP contribution < -0.4 is 0 Å². The molecule has 0 aliphatic carbocycles. The summed E-state index contributed by atoms with van der Waals surface area (Å²) < 4.78 is 2.07. The lowest BCUT2D eigenvalue weighted by molar-refractivity contribution is 0.112. The number of benzene rings is 2. The van der Waals surface area contributed by atoms with Crippen LogP contribution in [0.4, 0.5) is 0 Å². The fraction of sp³-hybridized carbons (Fsp3) is 0.0526. The maximum absolute atomic E-state index is 11.0. The van der Waals surface area contributed by atoms with Gasteiger partial charge in [0.1, 0.15) is 12.1 Å². The number of nitrogens with zero attached hydrogens (tertiary/aromatic N) is 4. The number of aldehydes is 1. The van der Waals surface area contributed by atoms with Crippen LogP contribution in [0, 0.1) is 6.92 Å². The minimum Gasteiger partial charge on any atom is -0.298 e. The molecule has 0 N–H and O–H groups in total. The van der Waals surface area contributed by atoms with Crippen molar-refractivity contribution in [3.63, 3.8) is 0 Å². The molecule has 0 spiro atoms. The molecule has 0 aliphatic rings. The van der Waals surface area contributed by atoms with E-state index in [4.69, 9.17) is 0 Å². The van der Waals surface area contributed by atoms with Gasteiger partial charge in [-0.05, 0) is 43.3 Å². The van der Waals surface area contributed by atoms with Crippen molar-refractivity contribution >= 4 is 17.3 Å². The fourth-order valence-corrected chi connectivity index (χ4v) is 2.85. The summed E-state index contributed by atoms with van der Waals surface area (Å²) in [5.41, 5.74) is 4.32. The molecule has 0 amide bonds. The topological polar surface area (TPSA) is 60.7 Å². The van der Waals surface area contributed by atoms with E-state index in [1.807, 2.05) is 37.3 Å². The van der Waals surface area contributed by atoms with Crippen LogP contribution in [-0.2, 0) is 0 Å². The summed E-state index contributed by atoms with van der Waals surface area (Å²) in [6.07, 6.45) is 4.29. The highest BCUT2D eigenvalue weighted by Gasteiger charge is 2.11. The number of aromatic nitrogens is 4. The molecule has 0 saturated carbocycles. The van der Waals surface area contributed by atoms with E-state index in [0.29, 0.717) is 11.4 Å². The zero-order valence-electron chi connectivity index (χ0n) is 13.0. The third-order valence-electron chi connectivity index (χ3n) is 3.91. The third-order valence-corrected chi connectivity index (χ3v) is 3.91. The van der Waals surface area contributed by atoms with Crippen molar-refractivity contribution in [3.8, 4) is 17.1 Å². The van der Waals surface area contributed by atoms with Crippen LogP contribution in [0.5, 0.6) is 0 Å². The molecule has 24 heavy (non-hydrogen) atoms. The SMILES string of the molecule is Cc1nc2cc(C=O)ccc2n1-c1cccc(-c2ncccn2)c1. The summed E-state index contributed by atoms with van der Waals surface area (Å²) in [5, 5.41) is 0. The molecule has 0 bridgehead atoms. The number of aryl methyl sites for hydroxylation is 1. The first-order valence-corrected chi connectivity index (χ1v) is 7.58. The fourth-order valence-electron chi connectivity index (χ4n) is 2.85. The summed E-state index contributed by atoms with van der Waals surface area (Å²) in [7, 11) is 0. The van der Waals surface area contributed by atoms with Crippen molar-refractivity contribution in [3.05, 3.63) is 72.3 Å². The average Bonchev–Trinajstić information content (AvgIpc) is 2.97. The Bertz CT molecular complexity index is 1040. The maximum Gasteiger partial charge on any atom is 0.159 e. The first kappa shape index (κ1) is 14.3. The van der Waals surface area contributed by atoms with Crippen LogP contribution in [0.3, 0.4) is 0 Å². The molecule has 0 unspecified atom stereocenters. The van der Waals surface area contributed by atoms with Gasteiger partial charge >= 0.3 is 0 Å². The monoisotopic (exact) mass is 314 g/mol. The Morgan fingerprint density at radius 3 is 2.62 bits per heavy atom. The van der Waals surface area contributed by atoms with Gasteiger partial charge in [-0.3, -0.25) is 9.36 Å². The highest BCUT2D eigenvalue weighted by molar-refractivity contribution is 5.86. The highest BCUT2D eigenvalue weighted by Crippen LogP contribution is 2.24. The zero-order valence-corrected chi connectivity index (χ0v) is 13.0. The van der Waals surface area contributed by atoms with E-state index in [1.165, 1.54) is 0 Å². The van der Waals surface area contributed by atoms with Crippen molar-refractivity contribution in [1.29, 1.82) is 0 Å². The molecule has 0 atom stereocenters. The number of carbonyl (C=O) groups excluding carboxylic acids is 1. The highest BCUT2D eigenvalue weighted by atomic mass is 16.1. The second-order valence-electron chi connectivity index (χ2n) is 5.48. The Morgan fingerprint density at radius 1 is 1.00 bits per heavy atom. The Kier molecular flexibility index (Phi) is 3.39. The number of rotatable bonds is 3. The van der Waals surface area contributed by atoms with Gasteiger partial charge in [0.15, 0.2) is 5.82 Å². The predicted molar refractivity (Wildman–Crippen MR) is 92.2 cm³/mol. The van der Waals surface area contributed by atoms with Gasteiger partial charge in [-0.25, -0.2) is 15.0 Å². The molecule has 0 fully saturated rings. The Hall–Kier alpha value is -3.34. The van der Waals surface area contributed by atoms with Crippen molar-refractivity contribution < 1.29 is 4.79 Å². The molecular formula is C19H14N4O. The van der Waals surface area contributed by atoms with E-state index >= 15 is 0 Å². The lowest BCUT2D eigenvalue weighted by Crippen LogP contribution is -1.98. The zero-order chi connectivity index (χ0) is 16.5. The lowest BCUT2D eigenvalue weighted by Gasteiger charge is -2.09. The van der Waals surface area contributed by atoms with E-state index in [9.17, 15) is 4.79 Å². The van der Waals surface area contributed by atoms with Crippen LogP contribution >= 0.6 is 0 Å². The van der Waals surface area contributed by atoms with Gasteiger partial charge in [-0.15, -0.1) is 0 Å². The summed E-state index contributed by atoms with van der Waals surface area (Å²) >= 11 is 0. The molecule has 0 radical (unpaired) electrons. The van der Waals surface area contributed by atoms with E-state index < -0.39 is 0 Å². The summed E-state index contributed by atoms with van der Waals surface area (Å²) in [4.78, 5) is 24.1. The van der Waals surface area contributed by atoms with E-state index in [0.717, 1.165) is 34.4 Å². The quantitative estimate of drug-likeness (QED) is 0.542. The van der Waals surface area contributed by atoms with Gasteiger partial charge in [0.05, 0.1) is 11.0 Å². The second kappa shape index (κ2) is 5.70. The van der Waals surface area contributed by atoms with Gasteiger partial charge in [0, 0.05) is 29.2 Å². The number of fused-ring (bicyclic) bond motifs is 1. The van der Waals surface area contributed by atoms with Crippen LogP contribution in [0.25, 0.3) is 28.1 Å². The molecule has 2 aromatic carbocycles. The standard InChI is InChI=1S/C19H14N4O/c1-13-22-17-10-14(12-24)6-7-18(17)23(13)16-5-2-4-15(11-16)19-20-8-3-9-21-19/h2-12H,1H3. The number of carbonyl (C=O) groups is 1. The van der Waals surface area contributed by atoms with Crippen molar-refractivity contribution in [2.24, 2.45) is 0 Å². The number of imidazole rings is 1. The van der Waals surface area contributed by atoms with Gasteiger partial charge in [-0.1, -0.05) is 12.1 Å². The first-order valence-electron chi connectivity index (χ1n) is 7.58. The summed E-state index contributed by atoms with van der Waals surface area (Å²) in [6.45, 7) is 1.95. The van der Waals surface area contributed by atoms with Gasteiger partial charge in [-0.2, -0.15) is 0 Å². The molecule has 2 heterocycles. The summed E-state index contributed by atoms with van der Waals surface area (Å²) in [6, 6.07) is 15.3. The molecular weight excluding hydrogens is 300 g/mol. The average molecular weight is 314 g/mol. The number of hydrogen-bond acceptors (Lipinski definition) is 4. The van der Waals surface area contributed by atoms with E-state index in [1.54, 1.807) is 30.6 Å². The molecule has 5 nitrogen and oxygen atoms in total. The van der Waals surface area contributed by atoms with Gasteiger partial charge in [0.25, 0.3) is 0 Å². The molecule has 4 aromatic rings. The molecule has 4 rings (SSSR count). The van der Waals surface area contributed by atoms with Crippen molar-refractivity contribution in [2.45, 2.75) is 6.92 Å². The van der Waals surface area contributed by atoms with E-state index in [2.05, 4.69) is 19.5 Å². The molecule has 5 heteroatoms. The Balaban J connectivity index is 1.89. The normalized spacial score (nSPS) is 10.9. The molecule has 0 aliphatic heterocycles. The number of hydrogen-bond donors (Lipinski definition) is 0. The summed E-state index contributed by atoms with van der Waals surface area (Å²) in [5.74, 6) is 1.55. The van der Waals surface area contributed by atoms with Crippen LogP contribution in [-0.4, -0.2) is 25.8 Å². The van der Waals surface area contributed by atoms with Crippen LogP contribution in [0.2, 0.25) is 0 Å². The first-order chi connectivity index (χ1) is 11.8.